The Labute approximate surface area is 83.9 Å². The molecule has 0 unspecified atom stereocenters. The zero-order chi connectivity index (χ0) is 10.3. The highest BCUT2D eigenvalue weighted by atomic mass is 79.9. The van der Waals surface area contributed by atoms with Crippen LogP contribution in [-0.2, 0) is 4.74 Å². The van der Waals surface area contributed by atoms with Crippen molar-refractivity contribution < 1.29 is 19.7 Å². The molecule has 0 amide bonds. The van der Waals surface area contributed by atoms with Crippen molar-refractivity contribution in [3.8, 4) is 5.75 Å². The molecule has 0 aliphatic heterocycles. The third-order valence-corrected chi connectivity index (χ3v) is 1.52. The van der Waals surface area contributed by atoms with Gasteiger partial charge in [0.1, 0.15) is 5.75 Å². The van der Waals surface area contributed by atoms with Crippen LogP contribution in [0.4, 0.5) is 4.79 Å². The number of aromatic hydroxyl groups is 1. The number of carbonyl (C=O) groups is 1. The number of phenols is 1. The Bertz CT molecular complexity index is 236. The fourth-order valence-corrected chi connectivity index (χ4v) is 0.705. The van der Waals surface area contributed by atoms with Gasteiger partial charge in [-0.05, 0) is 24.3 Å². The van der Waals surface area contributed by atoms with Gasteiger partial charge in [-0.15, -0.1) is 0 Å². The molecule has 0 aromatic heterocycles. The van der Waals surface area contributed by atoms with Gasteiger partial charge in [0.25, 0.3) is 6.16 Å². The predicted molar refractivity (Wildman–Crippen MR) is 48.2 cm³/mol. The Morgan fingerprint density at radius 1 is 1.46 bits per heavy atom. The molecule has 72 valence electrons. The number of phenolic OH excluding ortho intramolecular Hbond substituents is 1. The van der Waals surface area contributed by atoms with Crippen LogP contribution in [0.3, 0.4) is 0 Å². The van der Waals surface area contributed by atoms with Gasteiger partial charge in [-0.2, -0.15) is 0 Å². The molecule has 1 N–H and O–H groups in total. The summed E-state index contributed by atoms with van der Waals surface area (Å²) >= 11 is 3.23. The van der Waals surface area contributed by atoms with Crippen LogP contribution in [0.15, 0.2) is 28.7 Å². The molecule has 0 atom stereocenters. The summed E-state index contributed by atoms with van der Waals surface area (Å²) in [6.45, 7) is 0. The predicted octanol–water partition coefficient (Wildman–Crippen LogP) is 1.13. The van der Waals surface area contributed by atoms with Crippen LogP contribution in [0.1, 0.15) is 0 Å². The Balaban J connectivity index is 0.000000252. The zero-order valence-corrected chi connectivity index (χ0v) is 8.45. The summed E-state index contributed by atoms with van der Waals surface area (Å²) in [6.07, 6.45) is -1.50. The van der Waals surface area contributed by atoms with Crippen LogP contribution < -0.4 is 5.11 Å². The lowest BCUT2D eigenvalue weighted by atomic mass is 10.3. The van der Waals surface area contributed by atoms with Crippen molar-refractivity contribution in [3.05, 3.63) is 28.7 Å². The third-order valence-electron chi connectivity index (χ3n) is 0.993. The molecule has 5 heteroatoms. The minimum Gasteiger partial charge on any atom is -0.553 e. The molecule has 1 aromatic rings. The van der Waals surface area contributed by atoms with E-state index >= 15 is 0 Å². The number of ether oxygens (including phenoxy) is 1. The number of methoxy groups -OCH3 is 1. The number of carboxylic acid groups (broad SMARTS) is 1. The second kappa shape index (κ2) is 6.30. The summed E-state index contributed by atoms with van der Waals surface area (Å²) in [7, 11) is 1.04. The highest BCUT2D eigenvalue weighted by molar-refractivity contribution is 9.10. The molecule has 4 nitrogen and oxygen atoms in total. The van der Waals surface area contributed by atoms with E-state index in [-0.39, 0.29) is 0 Å². The maximum atomic E-state index is 9.03. The average Bonchev–Trinajstić information content (AvgIpc) is 2.11. The normalized spacial score (nSPS) is 8.15. The third kappa shape index (κ3) is 7.14. The molecule has 1 rings (SSSR count). The lowest BCUT2D eigenvalue weighted by Gasteiger charge is -1.92. The van der Waals surface area contributed by atoms with E-state index in [1.807, 2.05) is 0 Å². The summed E-state index contributed by atoms with van der Waals surface area (Å²) in [5, 5.41) is 17.8. The lowest BCUT2D eigenvalue weighted by Crippen LogP contribution is -2.21. The van der Waals surface area contributed by atoms with Crippen LogP contribution in [-0.4, -0.2) is 18.4 Å². The van der Waals surface area contributed by atoms with Gasteiger partial charge in [-0.25, -0.2) is 0 Å². The maximum absolute atomic E-state index is 9.03. The lowest BCUT2D eigenvalue weighted by molar-refractivity contribution is -0.279. The fraction of sp³-hybridized carbons (Fsp3) is 0.125. The van der Waals surface area contributed by atoms with Gasteiger partial charge in [0, 0.05) is 11.6 Å². The van der Waals surface area contributed by atoms with Gasteiger partial charge in [-0.1, -0.05) is 15.9 Å². The Kier molecular flexibility index (Phi) is 5.71. The molecule has 0 fully saturated rings. The molecule has 0 heterocycles. The van der Waals surface area contributed by atoms with E-state index in [1.165, 1.54) is 0 Å². The standard InChI is InChI=1S/C6H5BrO.C2H4O3/c7-5-1-3-6(8)4-2-5;1-5-2(3)4/h1-4,8H;1H3,(H,3,4)/p-1. The van der Waals surface area contributed by atoms with E-state index in [9.17, 15) is 0 Å². The molecule has 0 saturated carbocycles. The first-order valence-corrected chi connectivity index (χ1v) is 4.05. The summed E-state index contributed by atoms with van der Waals surface area (Å²) in [4.78, 5) is 9.03. The Morgan fingerprint density at radius 2 is 1.85 bits per heavy atom. The maximum Gasteiger partial charge on any atom is 0.251 e. The first kappa shape index (κ1) is 11.8. The zero-order valence-electron chi connectivity index (χ0n) is 6.86. The number of hydrogen-bond donors (Lipinski definition) is 1. The SMILES string of the molecule is COC(=O)[O-].Oc1ccc(Br)cc1. The van der Waals surface area contributed by atoms with Gasteiger partial charge in [-0.3, -0.25) is 0 Å². The molecule has 0 bridgehead atoms. The molecule has 0 saturated heterocycles. The summed E-state index contributed by atoms with van der Waals surface area (Å²) < 4.78 is 4.54. The molecule has 0 spiro atoms. The number of rotatable bonds is 0. The summed E-state index contributed by atoms with van der Waals surface area (Å²) in [5.41, 5.74) is 0. The van der Waals surface area contributed by atoms with E-state index in [1.54, 1.807) is 24.3 Å². The van der Waals surface area contributed by atoms with E-state index in [2.05, 4.69) is 20.7 Å². The summed E-state index contributed by atoms with van der Waals surface area (Å²) in [5.74, 6) is 0.299. The quantitative estimate of drug-likeness (QED) is 0.698. The molecular formula is C8H8BrO4-. The van der Waals surface area contributed by atoms with Crippen molar-refractivity contribution in [2.75, 3.05) is 7.11 Å². The summed E-state index contributed by atoms with van der Waals surface area (Å²) in [6, 6.07) is 6.83. The first-order chi connectivity index (χ1) is 6.06. The van der Waals surface area contributed by atoms with Gasteiger partial charge >= 0.3 is 0 Å². The van der Waals surface area contributed by atoms with Crippen molar-refractivity contribution in [3.63, 3.8) is 0 Å². The van der Waals surface area contributed by atoms with Crippen LogP contribution in [0, 0.1) is 0 Å². The Morgan fingerprint density at radius 3 is 2.08 bits per heavy atom. The van der Waals surface area contributed by atoms with Crippen molar-refractivity contribution in [2.24, 2.45) is 0 Å². The average molecular weight is 248 g/mol. The van der Waals surface area contributed by atoms with Gasteiger partial charge < -0.3 is 19.7 Å². The molecule has 0 radical (unpaired) electrons. The van der Waals surface area contributed by atoms with Gasteiger partial charge in [0.05, 0.1) is 0 Å². The molecule has 1 aromatic carbocycles. The van der Waals surface area contributed by atoms with Gasteiger partial charge in [0.15, 0.2) is 0 Å². The van der Waals surface area contributed by atoms with Crippen LogP contribution in [0.2, 0.25) is 0 Å². The van der Waals surface area contributed by atoms with Crippen LogP contribution >= 0.6 is 15.9 Å². The van der Waals surface area contributed by atoms with E-state index < -0.39 is 6.16 Å². The van der Waals surface area contributed by atoms with E-state index in [0.29, 0.717) is 5.75 Å². The largest absolute Gasteiger partial charge is 0.553 e. The second-order valence-electron chi connectivity index (χ2n) is 1.93. The minimum atomic E-state index is -1.50. The van der Waals surface area contributed by atoms with Crippen molar-refractivity contribution in [1.29, 1.82) is 0 Å². The number of carbonyl (C=O) groups excluding carboxylic acids is 1. The molecule has 0 aliphatic carbocycles. The van der Waals surface area contributed by atoms with Crippen molar-refractivity contribution in [1.82, 2.24) is 0 Å². The molecule has 13 heavy (non-hydrogen) atoms. The van der Waals surface area contributed by atoms with Gasteiger partial charge in [0.2, 0.25) is 0 Å². The monoisotopic (exact) mass is 247 g/mol. The number of halogens is 1. The highest BCUT2D eigenvalue weighted by Gasteiger charge is 1.83. The topological polar surface area (TPSA) is 69.6 Å². The smallest absolute Gasteiger partial charge is 0.251 e. The van der Waals surface area contributed by atoms with E-state index in [0.717, 1.165) is 11.6 Å². The first-order valence-electron chi connectivity index (χ1n) is 3.25. The second-order valence-corrected chi connectivity index (χ2v) is 2.85. The van der Waals surface area contributed by atoms with Crippen LogP contribution in [0.25, 0.3) is 0 Å². The number of benzene rings is 1. The molecule has 0 aliphatic rings. The number of hydrogen-bond acceptors (Lipinski definition) is 4. The Hall–Kier alpha value is -1.23. The van der Waals surface area contributed by atoms with E-state index in [4.69, 9.17) is 15.0 Å². The minimum absolute atomic E-state index is 0.299. The molecular weight excluding hydrogens is 240 g/mol. The fourth-order valence-electron chi connectivity index (χ4n) is 0.441. The van der Waals surface area contributed by atoms with Crippen molar-refractivity contribution >= 4 is 22.1 Å². The van der Waals surface area contributed by atoms with Crippen LogP contribution in [0.5, 0.6) is 5.75 Å². The van der Waals surface area contributed by atoms with Crippen molar-refractivity contribution in [2.45, 2.75) is 0 Å². The highest BCUT2D eigenvalue weighted by Crippen LogP contribution is 2.13.